The molecule has 2 aromatic rings. The largest absolute Gasteiger partial charge is 0.393 e. The molecule has 1 atom stereocenters. The number of amides is 1. The minimum absolute atomic E-state index is 0.0486. The fraction of sp³-hybridized carbons (Fsp3) is 0.353. The van der Waals surface area contributed by atoms with Gasteiger partial charge in [-0.05, 0) is 36.5 Å². The van der Waals surface area contributed by atoms with Crippen LogP contribution in [0.4, 0.5) is 10.3 Å². The van der Waals surface area contributed by atoms with E-state index in [1.165, 1.54) is 18.2 Å². The highest BCUT2D eigenvalue weighted by molar-refractivity contribution is 5.78. The van der Waals surface area contributed by atoms with Crippen molar-refractivity contribution in [1.29, 1.82) is 0 Å². The maximum absolute atomic E-state index is 13.2. The van der Waals surface area contributed by atoms with Crippen molar-refractivity contribution in [3.05, 3.63) is 57.8 Å². The number of halogens is 1. The molecule has 1 aliphatic rings. The summed E-state index contributed by atoms with van der Waals surface area (Å²) >= 11 is 0. The maximum Gasteiger partial charge on any atom is 0.252 e. The van der Waals surface area contributed by atoms with Crippen molar-refractivity contribution in [2.45, 2.75) is 31.4 Å². The molecule has 5 N–H and O–H groups in total. The lowest BCUT2D eigenvalue weighted by Crippen LogP contribution is -2.42. The number of H-pyrrole nitrogens is 1. The van der Waals surface area contributed by atoms with Crippen LogP contribution in [-0.4, -0.2) is 27.1 Å². The molecular weight excluding hydrogens is 327 g/mol. The highest BCUT2D eigenvalue weighted by Gasteiger charge is 2.35. The minimum Gasteiger partial charge on any atom is -0.393 e. The molecular formula is C17H19FN4O3. The summed E-state index contributed by atoms with van der Waals surface area (Å²) in [5.41, 5.74) is 6.09. The molecule has 1 aromatic heterocycles. The van der Waals surface area contributed by atoms with Crippen molar-refractivity contribution in [2.75, 3.05) is 5.73 Å². The number of nitrogen functional groups attached to an aromatic ring is 1. The van der Waals surface area contributed by atoms with Gasteiger partial charge in [-0.25, -0.2) is 9.37 Å². The maximum atomic E-state index is 13.2. The normalized spacial score (nSPS) is 20.6. The Balaban J connectivity index is 1.74. The van der Waals surface area contributed by atoms with Crippen LogP contribution in [0.5, 0.6) is 0 Å². The van der Waals surface area contributed by atoms with E-state index in [4.69, 9.17) is 5.73 Å². The van der Waals surface area contributed by atoms with E-state index in [9.17, 15) is 19.1 Å². The second-order valence-corrected chi connectivity index (χ2v) is 6.28. The van der Waals surface area contributed by atoms with Crippen LogP contribution in [0.3, 0.4) is 0 Å². The molecule has 7 nitrogen and oxygen atoms in total. The number of rotatable bonds is 5. The van der Waals surface area contributed by atoms with Crippen LogP contribution >= 0.6 is 0 Å². The zero-order valence-electron chi connectivity index (χ0n) is 13.4. The Kier molecular flexibility index (Phi) is 4.80. The number of aromatic amines is 1. The van der Waals surface area contributed by atoms with Gasteiger partial charge in [-0.3, -0.25) is 14.6 Å². The number of aromatic nitrogens is 2. The number of nitrogens with two attached hydrogens (primary N) is 1. The molecule has 1 aliphatic carbocycles. The highest BCUT2D eigenvalue weighted by atomic mass is 19.1. The second-order valence-electron chi connectivity index (χ2n) is 6.28. The molecule has 1 aromatic carbocycles. The van der Waals surface area contributed by atoms with Crippen LogP contribution in [0, 0.1) is 11.7 Å². The molecule has 132 valence electrons. The predicted octanol–water partition coefficient (Wildman–Crippen LogP) is 0.662. The van der Waals surface area contributed by atoms with Gasteiger partial charge in [-0.15, -0.1) is 0 Å². The van der Waals surface area contributed by atoms with Gasteiger partial charge in [0.1, 0.15) is 5.82 Å². The fourth-order valence-corrected chi connectivity index (χ4v) is 3.05. The number of nitrogens with one attached hydrogen (secondary N) is 2. The molecule has 0 saturated heterocycles. The first-order valence-electron chi connectivity index (χ1n) is 7.99. The van der Waals surface area contributed by atoms with Gasteiger partial charge >= 0.3 is 0 Å². The lowest BCUT2D eigenvalue weighted by molar-refractivity contribution is -0.122. The van der Waals surface area contributed by atoms with E-state index in [0.717, 1.165) is 5.56 Å². The van der Waals surface area contributed by atoms with Crippen molar-refractivity contribution in [3.63, 3.8) is 0 Å². The summed E-state index contributed by atoms with van der Waals surface area (Å²) < 4.78 is 13.2. The number of aliphatic hydroxyl groups is 1. The van der Waals surface area contributed by atoms with Crippen LogP contribution in [0.15, 0.2) is 35.1 Å². The summed E-state index contributed by atoms with van der Waals surface area (Å²) in [4.78, 5) is 30.0. The second kappa shape index (κ2) is 7.02. The highest BCUT2D eigenvalue weighted by Crippen LogP contribution is 2.38. The van der Waals surface area contributed by atoms with E-state index in [-0.39, 0.29) is 47.9 Å². The van der Waals surface area contributed by atoms with Crippen LogP contribution in [-0.2, 0) is 11.2 Å². The predicted molar refractivity (Wildman–Crippen MR) is 89.0 cm³/mol. The summed E-state index contributed by atoms with van der Waals surface area (Å²) in [5.74, 6) is -0.659. The zero-order valence-corrected chi connectivity index (χ0v) is 13.4. The number of carbonyl (C=O) groups is 1. The number of benzene rings is 1. The molecule has 3 rings (SSSR count). The van der Waals surface area contributed by atoms with Gasteiger partial charge < -0.3 is 16.2 Å². The van der Waals surface area contributed by atoms with Crippen LogP contribution in [0.25, 0.3) is 0 Å². The van der Waals surface area contributed by atoms with Crippen molar-refractivity contribution < 1.29 is 14.3 Å². The van der Waals surface area contributed by atoms with Crippen molar-refractivity contribution in [1.82, 2.24) is 15.3 Å². The van der Waals surface area contributed by atoms with Crippen molar-refractivity contribution >= 4 is 11.9 Å². The summed E-state index contributed by atoms with van der Waals surface area (Å²) in [6.07, 6.45) is 0.664. The summed E-state index contributed by atoms with van der Waals surface area (Å²) in [6, 6.07) is 6.79. The smallest absolute Gasteiger partial charge is 0.252 e. The van der Waals surface area contributed by atoms with E-state index >= 15 is 0 Å². The van der Waals surface area contributed by atoms with Crippen LogP contribution in [0.1, 0.15) is 30.1 Å². The number of anilines is 1. The number of hydrogen-bond acceptors (Lipinski definition) is 5. The third-order valence-corrected chi connectivity index (χ3v) is 4.32. The van der Waals surface area contributed by atoms with E-state index in [1.807, 2.05) is 0 Å². The standard InChI is InChI=1S/C17H19FN4O3/c18-11-3-1-9(2-4-11)16(10-5-13(23)6-10)21-14(24)7-12-8-15(25)22-17(19)20-12/h1-4,8,10,13,16,23H,5-7H2,(H,21,24)(H3,19,20,22,25). The van der Waals surface area contributed by atoms with Crippen molar-refractivity contribution in [3.8, 4) is 0 Å². The van der Waals surface area contributed by atoms with Gasteiger partial charge in [0.25, 0.3) is 5.56 Å². The molecule has 1 amide bonds. The number of carbonyl (C=O) groups excluding carboxylic acids is 1. The van der Waals surface area contributed by atoms with Gasteiger partial charge in [0.15, 0.2) is 0 Å². The van der Waals surface area contributed by atoms with E-state index in [0.29, 0.717) is 12.8 Å². The lowest BCUT2D eigenvalue weighted by Gasteiger charge is -2.38. The Bertz CT molecular complexity index is 815. The monoisotopic (exact) mass is 346 g/mol. The van der Waals surface area contributed by atoms with E-state index in [1.54, 1.807) is 12.1 Å². The third-order valence-electron chi connectivity index (χ3n) is 4.32. The first kappa shape index (κ1) is 17.1. The number of hydrogen-bond donors (Lipinski definition) is 4. The summed E-state index contributed by atoms with van der Waals surface area (Å²) in [5, 5.41) is 12.5. The summed E-state index contributed by atoms with van der Waals surface area (Å²) in [6.45, 7) is 0. The minimum atomic E-state index is -0.424. The molecule has 1 saturated carbocycles. The molecule has 0 bridgehead atoms. The van der Waals surface area contributed by atoms with E-state index in [2.05, 4.69) is 15.3 Å². The van der Waals surface area contributed by atoms with Gasteiger partial charge in [0, 0.05) is 6.07 Å². The third kappa shape index (κ3) is 4.21. The van der Waals surface area contributed by atoms with Gasteiger partial charge in [0.05, 0.1) is 24.3 Å². The Labute approximate surface area is 143 Å². The van der Waals surface area contributed by atoms with Gasteiger partial charge in [0.2, 0.25) is 11.9 Å². The molecule has 1 unspecified atom stereocenters. The molecule has 1 fully saturated rings. The average molecular weight is 346 g/mol. The molecule has 0 spiro atoms. The zero-order chi connectivity index (χ0) is 18.0. The van der Waals surface area contributed by atoms with Crippen LogP contribution in [0.2, 0.25) is 0 Å². The number of aliphatic hydroxyl groups excluding tert-OH is 1. The first-order valence-corrected chi connectivity index (χ1v) is 7.99. The van der Waals surface area contributed by atoms with Gasteiger partial charge in [-0.1, -0.05) is 12.1 Å². The molecule has 1 heterocycles. The Hall–Kier alpha value is -2.74. The van der Waals surface area contributed by atoms with Gasteiger partial charge in [-0.2, -0.15) is 0 Å². The molecule has 0 radical (unpaired) electrons. The molecule has 0 aliphatic heterocycles. The van der Waals surface area contributed by atoms with Crippen LogP contribution < -0.4 is 16.6 Å². The SMILES string of the molecule is Nc1nc(CC(=O)NC(c2ccc(F)cc2)C2CC(O)C2)cc(=O)[nH]1. The quantitative estimate of drug-likeness (QED) is 0.634. The summed E-state index contributed by atoms with van der Waals surface area (Å²) in [7, 11) is 0. The number of nitrogens with zero attached hydrogens (tertiary/aromatic N) is 1. The Morgan fingerprint density at radius 2 is 2.08 bits per heavy atom. The van der Waals surface area contributed by atoms with Crippen molar-refractivity contribution in [2.24, 2.45) is 5.92 Å². The molecule has 25 heavy (non-hydrogen) atoms. The Morgan fingerprint density at radius 3 is 2.68 bits per heavy atom. The Morgan fingerprint density at radius 1 is 1.40 bits per heavy atom. The average Bonchev–Trinajstić information content (AvgIpc) is 2.50. The van der Waals surface area contributed by atoms with E-state index < -0.39 is 5.56 Å². The fourth-order valence-electron chi connectivity index (χ4n) is 3.05. The topological polar surface area (TPSA) is 121 Å². The lowest BCUT2D eigenvalue weighted by atomic mass is 9.75. The molecule has 8 heteroatoms. The first-order chi connectivity index (χ1) is 11.9.